The van der Waals surface area contributed by atoms with Gasteiger partial charge in [-0.2, -0.15) is 0 Å². The monoisotopic (exact) mass is 217 g/mol. The maximum Gasteiger partial charge on any atom is 0.321 e. The summed E-state index contributed by atoms with van der Waals surface area (Å²) in [5.74, 6) is -1.37. The molecule has 0 heterocycles. The second-order valence-electron chi connectivity index (χ2n) is 1.66. The average Bonchev–Trinajstić information content (AvgIpc) is 1.80. The molecule has 2 atom stereocenters. The lowest BCUT2D eigenvalue weighted by atomic mass is 10.4. The van der Waals surface area contributed by atoms with Crippen molar-refractivity contribution >= 4 is 35.8 Å². The molecule has 0 fully saturated rings. The Hall–Kier alpha value is 0.110. The Morgan fingerprint density at radius 2 is 2.27 bits per heavy atom. The minimum atomic E-state index is -3.35. The molecule has 0 aliphatic heterocycles. The lowest BCUT2D eigenvalue weighted by Gasteiger charge is -2.03. The van der Waals surface area contributed by atoms with Gasteiger partial charge in [0.15, 0.2) is 7.80 Å². The quantitative estimate of drug-likeness (QED) is 0.533. The van der Waals surface area contributed by atoms with Crippen LogP contribution in [0.25, 0.3) is 0 Å². The Balaban J connectivity index is 3.82. The highest BCUT2D eigenvalue weighted by atomic mass is 33.4. The lowest BCUT2D eigenvalue weighted by molar-refractivity contribution is -0.137. The summed E-state index contributed by atoms with van der Waals surface area (Å²) in [5.41, 5.74) is 5.02. The maximum atomic E-state index is 10.4. The molecule has 0 radical (unpaired) electrons. The van der Waals surface area contributed by atoms with Crippen LogP contribution in [0.4, 0.5) is 0 Å². The molecule has 0 aromatic rings. The smallest absolute Gasteiger partial charge is 0.321 e. The van der Waals surface area contributed by atoms with E-state index in [1.165, 1.54) is 0 Å². The molecule has 0 amide bonds. The molecule has 0 saturated heterocycles. The van der Waals surface area contributed by atoms with E-state index in [1.54, 1.807) is 0 Å². The number of carboxylic acids is 1. The van der Waals surface area contributed by atoms with E-state index >= 15 is 0 Å². The van der Waals surface area contributed by atoms with E-state index in [9.17, 15) is 9.00 Å². The first-order chi connectivity index (χ1) is 4.83. The van der Waals surface area contributed by atoms with Gasteiger partial charge in [-0.05, 0) is 10.8 Å². The Kier molecular flexibility index (Phi) is 4.26. The summed E-state index contributed by atoms with van der Waals surface area (Å²) in [6, 6.07) is -1.14. The van der Waals surface area contributed by atoms with Crippen LogP contribution in [-0.2, 0) is 23.8 Å². The fourth-order valence-corrected chi connectivity index (χ4v) is 2.15. The van der Waals surface area contributed by atoms with E-state index in [0.717, 1.165) is 0 Å². The highest BCUT2D eigenvalue weighted by molar-refractivity contribution is 8.83. The van der Waals surface area contributed by atoms with Gasteiger partial charge < -0.3 is 10.8 Å². The molecule has 0 saturated carbocycles. The molecular weight excluding hydrogens is 210 g/mol. The Morgan fingerprint density at radius 3 is 2.55 bits per heavy atom. The van der Waals surface area contributed by atoms with E-state index in [0.29, 0.717) is 10.8 Å². The van der Waals surface area contributed by atoms with Gasteiger partial charge in [-0.25, -0.2) is 4.21 Å². The van der Waals surface area contributed by atoms with Crippen molar-refractivity contribution in [3.63, 3.8) is 0 Å². The van der Waals surface area contributed by atoms with Crippen molar-refractivity contribution in [2.75, 3.05) is 5.75 Å². The number of carboxylic acid groups (broad SMARTS) is 1. The van der Waals surface area contributed by atoms with Gasteiger partial charge in [0, 0.05) is 16.9 Å². The molecule has 0 aromatic heterocycles. The van der Waals surface area contributed by atoms with Crippen LogP contribution in [0.2, 0.25) is 0 Å². The number of hydrogen-bond acceptors (Lipinski definition) is 5. The van der Waals surface area contributed by atoms with Gasteiger partial charge in [0.05, 0.1) is 0 Å². The topological polar surface area (TPSA) is 101 Å². The standard InChI is InChI=1S/C3H7NO4S3/c4-2(3(5)6)1-10-11(7,8)9/h2H,1,4H2,(H,5,6)(H,7,8,9). The van der Waals surface area contributed by atoms with Gasteiger partial charge in [0.1, 0.15) is 6.04 Å². The van der Waals surface area contributed by atoms with Crippen LogP contribution in [0.5, 0.6) is 0 Å². The van der Waals surface area contributed by atoms with Crippen LogP contribution in [0.1, 0.15) is 0 Å². The minimum absolute atomic E-state index is 0.159. The minimum Gasteiger partial charge on any atom is -0.480 e. The molecule has 4 N–H and O–H groups in total. The van der Waals surface area contributed by atoms with Gasteiger partial charge in [0.25, 0.3) is 0 Å². The van der Waals surface area contributed by atoms with Crippen molar-refractivity contribution in [1.29, 1.82) is 0 Å². The summed E-state index contributed by atoms with van der Waals surface area (Å²) in [6.07, 6.45) is 0. The van der Waals surface area contributed by atoms with Crippen molar-refractivity contribution in [3.8, 4) is 0 Å². The molecule has 5 nitrogen and oxygen atoms in total. The van der Waals surface area contributed by atoms with E-state index in [2.05, 4.69) is 11.2 Å². The molecule has 11 heavy (non-hydrogen) atoms. The number of rotatable bonds is 4. The van der Waals surface area contributed by atoms with E-state index in [4.69, 9.17) is 15.4 Å². The zero-order chi connectivity index (χ0) is 9.07. The van der Waals surface area contributed by atoms with Crippen molar-refractivity contribution < 1.29 is 18.7 Å². The highest BCUT2D eigenvalue weighted by Gasteiger charge is 2.13. The lowest BCUT2D eigenvalue weighted by Crippen LogP contribution is -2.32. The largest absolute Gasteiger partial charge is 0.480 e. The number of aliphatic carboxylic acids is 1. The SMILES string of the molecule is NC(CSS(=O)(O)=S)C(=O)O. The van der Waals surface area contributed by atoms with Crippen molar-refractivity contribution in [3.05, 3.63) is 0 Å². The van der Waals surface area contributed by atoms with E-state index in [-0.39, 0.29) is 5.75 Å². The molecule has 0 aliphatic carbocycles. The summed E-state index contributed by atoms with van der Waals surface area (Å²) in [4.78, 5) is 10.1. The number of hydrogen-bond donors (Lipinski definition) is 3. The normalized spacial score (nSPS) is 18.7. The van der Waals surface area contributed by atoms with Crippen LogP contribution in [0, 0.1) is 0 Å². The first kappa shape index (κ1) is 11.1. The summed E-state index contributed by atoms with van der Waals surface area (Å²) in [7, 11) is -2.88. The molecule has 8 heteroatoms. The Morgan fingerprint density at radius 1 is 1.82 bits per heavy atom. The van der Waals surface area contributed by atoms with Gasteiger partial charge in [-0.15, -0.1) is 0 Å². The summed E-state index contributed by atoms with van der Waals surface area (Å²) < 4.78 is 18.9. The predicted molar refractivity (Wildman–Crippen MR) is 46.2 cm³/mol. The second kappa shape index (κ2) is 4.21. The van der Waals surface area contributed by atoms with Crippen molar-refractivity contribution in [2.24, 2.45) is 5.73 Å². The van der Waals surface area contributed by atoms with Crippen LogP contribution in [0.3, 0.4) is 0 Å². The molecule has 0 rings (SSSR count). The molecule has 66 valence electrons. The molecule has 0 spiro atoms. The van der Waals surface area contributed by atoms with Gasteiger partial charge >= 0.3 is 5.97 Å². The van der Waals surface area contributed by atoms with Crippen molar-refractivity contribution in [1.82, 2.24) is 0 Å². The number of nitrogens with two attached hydrogens (primary N) is 1. The molecule has 0 aromatic carbocycles. The van der Waals surface area contributed by atoms with Crippen LogP contribution < -0.4 is 5.73 Å². The Bertz CT molecular complexity index is 235. The summed E-state index contributed by atoms with van der Waals surface area (Å²) >= 11 is 4.09. The van der Waals surface area contributed by atoms with E-state index in [1.807, 2.05) is 0 Å². The number of carbonyl (C=O) groups is 1. The van der Waals surface area contributed by atoms with Crippen LogP contribution in [-0.4, -0.2) is 31.6 Å². The van der Waals surface area contributed by atoms with Gasteiger partial charge in [-0.3, -0.25) is 9.35 Å². The molecule has 0 aliphatic rings. The third-order valence-electron chi connectivity index (χ3n) is 0.714. The predicted octanol–water partition coefficient (Wildman–Crippen LogP) is -0.734. The first-order valence-electron chi connectivity index (χ1n) is 2.43. The van der Waals surface area contributed by atoms with Crippen LogP contribution in [0.15, 0.2) is 0 Å². The van der Waals surface area contributed by atoms with Crippen molar-refractivity contribution in [2.45, 2.75) is 6.04 Å². The summed E-state index contributed by atoms with van der Waals surface area (Å²) in [6.45, 7) is 0. The Labute approximate surface area is 72.2 Å². The maximum absolute atomic E-state index is 10.4. The fraction of sp³-hybridized carbons (Fsp3) is 0.667. The van der Waals surface area contributed by atoms with Gasteiger partial charge in [-0.1, -0.05) is 0 Å². The highest BCUT2D eigenvalue weighted by Crippen LogP contribution is 2.10. The first-order valence-corrected chi connectivity index (χ1v) is 6.37. The molecule has 0 bridgehead atoms. The molecular formula is C3H7NO4S3. The van der Waals surface area contributed by atoms with Gasteiger partial charge in [0.2, 0.25) is 0 Å². The fourth-order valence-electron chi connectivity index (χ4n) is 0.231. The average molecular weight is 217 g/mol. The zero-order valence-corrected chi connectivity index (χ0v) is 7.75. The third-order valence-corrected chi connectivity index (χ3v) is 3.67. The van der Waals surface area contributed by atoms with E-state index < -0.39 is 19.8 Å². The molecule has 2 unspecified atom stereocenters. The third kappa shape index (κ3) is 6.51. The second-order valence-corrected chi connectivity index (χ2v) is 7.13. The summed E-state index contributed by atoms with van der Waals surface area (Å²) in [5, 5.41) is 8.23. The zero-order valence-electron chi connectivity index (χ0n) is 5.30. The van der Waals surface area contributed by atoms with Crippen LogP contribution >= 0.6 is 10.8 Å².